The van der Waals surface area contributed by atoms with E-state index in [1.807, 2.05) is 0 Å². The molecule has 0 aromatic carbocycles. The molecule has 1 amide bonds. The number of hydrogen-bond acceptors (Lipinski definition) is 1. The zero-order chi connectivity index (χ0) is 25.4. The lowest BCUT2D eigenvalue weighted by molar-refractivity contribution is -0.915. The van der Waals surface area contributed by atoms with Gasteiger partial charge in [-0.3, -0.25) is 4.79 Å². The van der Waals surface area contributed by atoms with Gasteiger partial charge in [0, 0.05) is 19.3 Å². The SMILES string of the molecule is CCC[N+]1(CCNC(=O)CC[C@@H](C)[C@H]2CC[C@H]3[C@@H]4CCC5CCCC[C@]5(C)[C@H]4CC[C@]23C)CCCC1.[I-]. The number of quaternary nitrogens is 1. The van der Waals surface area contributed by atoms with Gasteiger partial charge in [-0.05, 0) is 111 Å². The molecule has 1 unspecified atom stereocenters. The summed E-state index contributed by atoms with van der Waals surface area (Å²) in [4.78, 5) is 12.8. The topological polar surface area (TPSA) is 29.1 Å². The Balaban J connectivity index is 0.00000320. The average molecular weight is 627 g/mol. The fraction of sp³-hybridized carbons (Fsp3) is 0.970. The summed E-state index contributed by atoms with van der Waals surface area (Å²) in [6.45, 7) is 16.1. The highest BCUT2D eigenvalue weighted by atomic mass is 127. The van der Waals surface area contributed by atoms with E-state index in [-0.39, 0.29) is 24.0 Å². The molecule has 5 rings (SSSR count). The summed E-state index contributed by atoms with van der Waals surface area (Å²) in [6.07, 6.45) is 20.7. The number of fused-ring (bicyclic) bond motifs is 5. The van der Waals surface area contributed by atoms with Crippen molar-refractivity contribution in [2.24, 2.45) is 46.3 Å². The van der Waals surface area contributed by atoms with Gasteiger partial charge in [-0.2, -0.15) is 0 Å². The Hall–Kier alpha value is 0.160. The highest BCUT2D eigenvalue weighted by Gasteiger charge is 2.60. The highest BCUT2D eigenvalue weighted by Crippen LogP contribution is 2.68. The molecule has 37 heavy (non-hydrogen) atoms. The molecule has 1 heterocycles. The Morgan fingerprint density at radius 2 is 1.65 bits per heavy atom. The van der Waals surface area contributed by atoms with Gasteiger partial charge in [0.15, 0.2) is 0 Å². The van der Waals surface area contributed by atoms with Gasteiger partial charge >= 0.3 is 0 Å². The van der Waals surface area contributed by atoms with Crippen molar-refractivity contribution >= 4 is 5.91 Å². The molecule has 5 aliphatic rings. The summed E-state index contributed by atoms with van der Waals surface area (Å²) in [7, 11) is 0. The summed E-state index contributed by atoms with van der Waals surface area (Å²) in [5, 5.41) is 3.32. The molecule has 8 atom stereocenters. The minimum absolute atomic E-state index is 0. The summed E-state index contributed by atoms with van der Waals surface area (Å²) in [5.41, 5.74) is 1.18. The molecular formula is C33H59IN2O. The molecule has 4 heteroatoms. The third-order valence-corrected chi connectivity index (χ3v) is 13.3. The molecule has 0 aromatic rings. The summed E-state index contributed by atoms with van der Waals surface area (Å²) in [6, 6.07) is 0. The number of hydrogen-bond donors (Lipinski definition) is 1. The second-order valence-corrected chi connectivity index (χ2v) is 14.9. The maximum atomic E-state index is 12.8. The molecule has 0 bridgehead atoms. The van der Waals surface area contributed by atoms with Gasteiger partial charge in [0.05, 0.1) is 32.7 Å². The van der Waals surface area contributed by atoms with Crippen molar-refractivity contribution in [1.82, 2.24) is 5.32 Å². The Kier molecular flexibility index (Phi) is 10.1. The van der Waals surface area contributed by atoms with Gasteiger partial charge in [-0.1, -0.05) is 40.5 Å². The number of amides is 1. The molecule has 3 nitrogen and oxygen atoms in total. The molecule has 1 saturated heterocycles. The van der Waals surface area contributed by atoms with Crippen LogP contribution in [0.15, 0.2) is 0 Å². The Morgan fingerprint density at radius 1 is 0.892 bits per heavy atom. The van der Waals surface area contributed by atoms with Crippen LogP contribution in [0.1, 0.15) is 124 Å². The molecule has 214 valence electrons. The first-order valence-corrected chi connectivity index (χ1v) is 16.4. The maximum Gasteiger partial charge on any atom is 0.220 e. The maximum absolute atomic E-state index is 12.8. The van der Waals surface area contributed by atoms with Crippen molar-refractivity contribution in [2.75, 3.05) is 32.7 Å². The first kappa shape index (κ1) is 30.1. The monoisotopic (exact) mass is 626 g/mol. The van der Waals surface area contributed by atoms with Crippen LogP contribution in [0, 0.1) is 46.3 Å². The van der Waals surface area contributed by atoms with E-state index in [9.17, 15) is 4.79 Å². The van der Waals surface area contributed by atoms with Crippen LogP contribution in [0.3, 0.4) is 0 Å². The number of nitrogens with zero attached hydrogens (tertiary/aromatic N) is 1. The second kappa shape index (κ2) is 12.4. The quantitative estimate of drug-likeness (QED) is 0.295. The van der Waals surface area contributed by atoms with Gasteiger partial charge in [0.1, 0.15) is 0 Å². The van der Waals surface area contributed by atoms with E-state index < -0.39 is 0 Å². The normalized spacial score (nSPS) is 41.1. The molecule has 4 saturated carbocycles. The van der Waals surface area contributed by atoms with Crippen molar-refractivity contribution in [3.05, 3.63) is 0 Å². The largest absolute Gasteiger partial charge is 1.00 e. The second-order valence-electron chi connectivity index (χ2n) is 14.9. The zero-order valence-corrected chi connectivity index (χ0v) is 27.0. The Bertz CT molecular complexity index is 765. The van der Waals surface area contributed by atoms with E-state index >= 15 is 0 Å². The van der Waals surface area contributed by atoms with Crippen LogP contribution in [0.5, 0.6) is 0 Å². The smallest absolute Gasteiger partial charge is 0.220 e. The van der Waals surface area contributed by atoms with Crippen molar-refractivity contribution in [2.45, 2.75) is 124 Å². The Labute approximate surface area is 246 Å². The van der Waals surface area contributed by atoms with E-state index in [1.165, 1.54) is 108 Å². The number of rotatable bonds is 9. The first-order valence-electron chi connectivity index (χ1n) is 16.4. The molecule has 5 fully saturated rings. The standard InChI is InChI=1S/C33H58N2O.HI/c1-5-21-35(22-8-9-23-35)24-20-34-31(36)16-11-25(2)28-14-15-29-27-13-12-26-10-6-7-18-32(26,3)30(27)17-19-33(28,29)4;/h25-30H,5-24H2,1-4H3;1H/t25-,26?,27+,28-,29+,30+,32+,33-;/m1./s1. The van der Waals surface area contributed by atoms with Crippen LogP contribution >= 0.6 is 0 Å². The number of nitrogens with one attached hydrogen (secondary N) is 1. The first-order chi connectivity index (χ1) is 17.3. The lowest BCUT2D eigenvalue weighted by Crippen LogP contribution is -3.00. The zero-order valence-electron chi connectivity index (χ0n) is 24.8. The van der Waals surface area contributed by atoms with E-state index in [0.717, 1.165) is 55.5 Å². The Morgan fingerprint density at radius 3 is 2.41 bits per heavy atom. The number of carbonyl (C=O) groups is 1. The van der Waals surface area contributed by atoms with E-state index in [1.54, 1.807) is 0 Å². The molecular weight excluding hydrogens is 567 g/mol. The molecule has 1 aliphatic heterocycles. The van der Waals surface area contributed by atoms with Gasteiger partial charge in [-0.15, -0.1) is 0 Å². The third kappa shape index (κ3) is 5.82. The van der Waals surface area contributed by atoms with Gasteiger partial charge < -0.3 is 33.8 Å². The summed E-state index contributed by atoms with van der Waals surface area (Å²) >= 11 is 0. The molecule has 0 radical (unpaired) electrons. The molecule has 1 N–H and O–H groups in total. The van der Waals surface area contributed by atoms with Crippen molar-refractivity contribution in [3.8, 4) is 0 Å². The average Bonchev–Trinajstić information content (AvgIpc) is 3.46. The highest BCUT2D eigenvalue weighted by molar-refractivity contribution is 5.75. The van der Waals surface area contributed by atoms with Crippen LogP contribution in [0.4, 0.5) is 0 Å². The van der Waals surface area contributed by atoms with Gasteiger partial charge in [0.25, 0.3) is 0 Å². The van der Waals surface area contributed by atoms with Crippen LogP contribution in [-0.2, 0) is 4.79 Å². The number of halogens is 1. The van der Waals surface area contributed by atoms with Crippen LogP contribution in [-0.4, -0.2) is 43.1 Å². The van der Waals surface area contributed by atoms with Gasteiger partial charge in [0.2, 0.25) is 5.91 Å². The van der Waals surface area contributed by atoms with E-state index in [2.05, 4.69) is 33.0 Å². The van der Waals surface area contributed by atoms with Gasteiger partial charge in [-0.25, -0.2) is 0 Å². The van der Waals surface area contributed by atoms with Crippen LogP contribution in [0.25, 0.3) is 0 Å². The number of carbonyl (C=O) groups excluding carboxylic acids is 1. The molecule has 0 aromatic heterocycles. The minimum atomic E-state index is 0. The lowest BCUT2D eigenvalue weighted by atomic mass is 9.44. The fourth-order valence-electron chi connectivity index (χ4n) is 11.4. The summed E-state index contributed by atoms with van der Waals surface area (Å²) in [5.74, 6) is 5.79. The predicted octanol–water partition coefficient (Wildman–Crippen LogP) is 4.59. The van der Waals surface area contributed by atoms with Crippen molar-refractivity contribution in [1.29, 1.82) is 0 Å². The third-order valence-electron chi connectivity index (χ3n) is 13.3. The molecule has 0 spiro atoms. The predicted molar refractivity (Wildman–Crippen MR) is 150 cm³/mol. The fourth-order valence-corrected chi connectivity index (χ4v) is 11.4. The summed E-state index contributed by atoms with van der Waals surface area (Å²) < 4.78 is 1.25. The van der Waals surface area contributed by atoms with Crippen molar-refractivity contribution < 1.29 is 33.3 Å². The molecule has 4 aliphatic carbocycles. The van der Waals surface area contributed by atoms with Crippen LogP contribution < -0.4 is 29.3 Å². The van der Waals surface area contributed by atoms with Crippen molar-refractivity contribution in [3.63, 3.8) is 0 Å². The van der Waals surface area contributed by atoms with E-state index in [0.29, 0.717) is 22.7 Å². The number of likely N-dealkylation sites (tertiary alicyclic amines) is 1. The van der Waals surface area contributed by atoms with Crippen LogP contribution in [0.2, 0.25) is 0 Å². The van der Waals surface area contributed by atoms with E-state index in [4.69, 9.17) is 0 Å². The minimum Gasteiger partial charge on any atom is -1.00 e. The lowest BCUT2D eigenvalue weighted by Gasteiger charge is -2.61.